The van der Waals surface area contributed by atoms with E-state index in [1.807, 2.05) is 0 Å². The van der Waals surface area contributed by atoms with Crippen LogP contribution in [-0.4, -0.2) is 8.07 Å². The molecule has 0 aromatic heterocycles. The molecule has 0 saturated heterocycles. The molecule has 0 saturated carbocycles. The lowest BCUT2D eigenvalue weighted by molar-refractivity contribution is 0.561. The zero-order chi connectivity index (χ0) is 11.2. The van der Waals surface area contributed by atoms with E-state index in [2.05, 4.69) is 46.1 Å². The molecule has 1 atom stereocenters. The average Bonchev–Trinajstić information content (AvgIpc) is 2.10. The Bertz CT molecular complexity index is 167. The third kappa shape index (κ3) is 3.99. The summed E-state index contributed by atoms with van der Waals surface area (Å²) in [5.41, 5.74) is 0. The van der Waals surface area contributed by atoms with Crippen LogP contribution in [0.15, 0.2) is 12.7 Å². The summed E-state index contributed by atoms with van der Waals surface area (Å²) in [5, 5.41) is 0.431. The minimum atomic E-state index is -1.09. The second-order valence-corrected chi connectivity index (χ2v) is 11.3. The van der Waals surface area contributed by atoms with Crippen LogP contribution in [0.3, 0.4) is 0 Å². The molecule has 0 bridgehead atoms. The fourth-order valence-corrected chi connectivity index (χ4v) is 3.24. The van der Waals surface area contributed by atoms with Gasteiger partial charge in [-0.3, -0.25) is 0 Å². The quantitative estimate of drug-likeness (QED) is 0.307. The zero-order valence-electron chi connectivity index (χ0n) is 10.8. The predicted molar refractivity (Wildman–Crippen MR) is 70.7 cm³/mol. The van der Waals surface area contributed by atoms with Gasteiger partial charge < -0.3 is 0 Å². The normalized spacial score (nSPS) is 16.4. The van der Waals surface area contributed by atoms with E-state index in [0.29, 0.717) is 5.04 Å². The van der Waals surface area contributed by atoms with Crippen molar-refractivity contribution in [3.8, 4) is 0 Å². The Morgan fingerprint density at radius 1 is 1.14 bits per heavy atom. The minimum Gasteiger partial charge on any atom is -0.103 e. The highest BCUT2D eigenvalue weighted by Gasteiger charge is 2.35. The lowest BCUT2D eigenvalue weighted by atomic mass is 10.0. The van der Waals surface area contributed by atoms with Gasteiger partial charge in [0.05, 0.1) is 8.07 Å². The van der Waals surface area contributed by atoms with Gasteiger partial charge in [-0.15, -0.1) is 6.58 Å². The first-order valence-corrected chi connectivity index (χ1v) is 9.51. The molecule has 0 N–H and O–H groups in total. The number of hydrogen-bond donors (Lipinski definition) is 0. The maximum atomic E-state index is 4.03. The van der Waals surface area contributed by atoms with Crippen molar-refractivity contribution in [3.05, 3.63) is 12.7 Å². The smallest absolute Gasteiger partial charge is 0.0545 e. The molecule has 1 unspecified atom stereocenters. The molecule has 0 aliphatic rings. The largest absolute Gasteiger partial charge is 0.103 e. The van der Waals surface area contributed by atoms with E-state index in [1.54, 1.807) is 0 Å². The fourth-order valence-electron chi connectivity index (χ4n) is 1.70. The number of hydrogen-bond acceptors (Lipinski definition) is 0. The van der Waals surface area contributed by atoms with Gasteiger partial charge >= 0.3 is 0 Å². The predicted octanol–water partition coefficient (Wildman–Crippen LogP) is 5.24. The summed E-state index contributed by atoms with van der Waals surface area (Å²) in [6, 6.07) is 0. The summed E-state index contributed by atoms with van der Waals surface area (Å²) in [5.74, 6) is 0. The van der Waals surface area contributed by atoms with Crippen molar-refractivity contribution in [2.45, 2.75) is 70.6 Å². The molecule has 0 spiro atoms. The van der Waals surface area contributed by atoms with Crippen LogP contribution < -0.4 is 0 Å². The van der Waals surface area contributed by atoms with Crippen molar-refractivity contribution in [1.82, 2.24) is 0 Å². The second kappa shape index (κ2) is 5.74. The molecule has 0 aromatic rings. The molecule has 1 heteroatoms. The van der Waals surface area contributed by atoms with Crippen molar-refractivity contribution >= 4 is 8.07 Å². The van der Waals surface area contributed by atoms with Crippen LogP contribution in [0.4, 0.5) is 0 Å². The zero-order valence-corrected chi connectivity index (χ0v) is 11.8. The Labute approximate surface area is 91.8 Å². The summed E-state index contributed by atoms with van der Waals surface area (Å²) in [6.07, 6.45) is 9.04. The number of rotatable bonds is 7. The molecule has 0 aliphatic carbocycles. The van der Waals surface area contributed by atoms with Gasteiger partial charge in [0.15, 0.2) is 0 Å². The van der Waals surface area contributed by atoms with E-state index in [1.165, 1.54) is 32.1 Å². The molecule has 0 heterocycles. The van der Waals surface area contributed by atoms with Crippen LogP contribution in [-0.2, 0) is 0 Å². The lowest BCUT2D eigenvalue weighted by Gasteiger charge is -2.38. The molecular formula is C13H28Si. The van der Waals surface area contributed by atoms with Crippen molar-refractivity contribution in [1.29, 1.82) is 0 Å². The second-order valence-electron chi connectivity index (χ2n) is 5.68. The van der Waals surface area contributed by atoms with Crippen molar-refractivity contribution < 1.29 is 0 Å². The molecule has 0 rings (SSSR count). The van der Waals surface area contributed by atoms with E-state index < -0.39 is 8.07 Å². The van der Waals surface area contributed by atoms with Gasteiger partial charge in [-0.25, -0.2) is 0 Å². The van der Waals surface area contributed by atoms with E-state index in [9.17, 15) is 0 Å². The molecule has 0 fully saturated rings. The highest BCUT2D eigenvalue weighted by molar-refractivity contribution is 6.79. The van der Waals surface area contributed by atoms with E-state index >= 15 is 0 Å². The van der Waals surface area contributed by atoms with Crippen molar-refractivity contribution in [3.63, 3.8) is 0 Å². The first-order valence-electron chi connectivity index (χ1n) is 6.01. The molecular weight excluding hydrogens is 184 g/mol. The monoisotopic (exact) mass is 212 g/mol. The van der Waals surface area contributed by atoms with Crippen molar-refractivity contribution in [2.24, 2.45) is 0 Å². The Morgan fingerprint density at radius 3 is 2.07 bits per heavy atom. The van der Waals surface area contributed by atoms with Gasteiger partial charge in [-0.1, -0.05) is 65.2 Å². The summed E-state index contributed by atoms with van der Waals surface area (Å²) in [6.45, 7) is 16.1. The fraction of sp³-hybridized carbons (Fsp3) is 0.846. The van der Waals surface area contributed by atoms with Gasteiger partial charge in [0.25, 0.3) is 0 Å². The molecule has 84 valence electrons. The molecule has 0 aromatic carbocycles. The highest BCUT2D eigenvalue weighted by Crippen LogP contribution is 2.43. The Kier molecular flexibility index (Phi) is 5.73. The van der Waals surface area contributed by atoms with Gasteiger partial charge in [0.2, 0.25) is 0 Å². The topological polar surface area (TPSA) is 0 Å². The molecule has 0 radical (unpaired) electrons. The first kappa shape index (κ1) is 14.0. The van der Waals surface area contributed by atoms with Crippen LogP contribution in [0.1, 0.15) is 46.0 Å². The van der Waals surface area contributed by atoms with Crippen LogP contribution >= 0.6 is 0 Å². The first-order chi connectivity index (χ1) is 6.37. The van der Waals surface area contributed by atoms with E-state index in [-0.39, 0.29) is 0 Å². The summed E-state index contributed by atoms with van der Waals surface area (Å²) >= 11 is 0. The third-order valence-corrected chi connectivity index (χ3v) is 7.59. The van der Waals surface area contributed by atoms with Gasteiger partial charge in [0, 0.05) is 0 Å². The van der Waals surface area contributed by atoms with Crippen LogP contribution in [0.25, 0.3) is 0 Å². The van der Waals surface area contributed by atoms with E-state index in [0.717, 1.165) is 0 Å². The highest BCUT2D eigenvalue weighted by atomic mass is 28.3. The molecule has 0 nitrogen and oxygen atoms in total. The average molecular weight is 212 g/mol. The third-order valence-electron chi connectivity index (χ3n) is 3.71. The van der Waals surface area contributed by atoms with Gasteiger partial charge in [-0.2, -0.15) is 0 Å². The maximum absolute atomic E-state index is 4.03. The standard InChI is InChI=1S/C13H28Si/c1-7-9-10-11-12-13(3,8-2)14(4,5)6/h8H,2,7,9-12H2,1,3-6H3. The molecule has 0 amide bonds. The summed E-state index contributed by atoms with van der Waals surface area (Å²) in [7, 11) is -1.09. The number of allylic oxidation sites excluding steroid dienone is 1. The van der Waals surface area contributed by atoms with Crippen LogP contribution in [0.5, 0.6) is 0 Å². The summed E-state index contributed by atoms with van der Waals surface area (Å²) in [4.78, 5) is 0. The van der Waals surface area contributed by atoms with Crippen LogP contribution in [0.2, 0.25) is 24.7 Å². The minimum absolute atomic E-state index is 0.431. The van der Waals surface area contributed by atoms with E-state index in [4.69, 9.17) is 0 Å². The van der Waals surface area contributed by atoms with Gasteiger partial charge in [0.1, 0.15) is 0 Å². The molecule has 0 aliphatic heterocycles. The maximum Gasteiger partial charge on any atom is 0.0545 e. The van der Waals surface area contributed by atoms with Crippen LogP contribution in [0, 0.1) is 0 Å². The van der Waals surface area contributed by atoms with Crippen molar-refractivity contribution in [2.75, 3.05) is 0 Å². The lowest BCUT2D eigenvalue weighted by Crippen LogP contribution is -2.35. The Balaban J connectivity index is 4.07. The SMILES string of the molecule is C=CC(C)(CCCCCC)[Si](C)(C)C. The summed E-state index contributed by atoms with van der Waals surface area (Å²) < 4.78 is 0. The Morgan fingerprint density at radius 2 is 1.71 bits per heavy atom. The molecule has 14 heavy (non-hydrogen) atoms. The number of unbranched alkanes of at least 4 members (excludes halogenated alkanes) is 3. The Hall–Kier alpha value is -0.0431. The van der Waals surface area contributed by atoms with Gasteiger partial charge in [-0.05, 0) is 11.5 Å².